The molecule has 1 nitrogen and oxygen atoms in total. The zero-order valence-electron chi connectivity index (χ0n) is 7.05. The van der Waals surface area contributed by atoms with Crippen LogP contribution in [-0.2, 0) is 6.42 Å². The summed E-state index contributed by atoms with van der Waals surface area (Å²) < 4.78 is 0. The van der Waals surface area contributed by atoms with Crippen LogP contribution in [0.5, 0.6) is 0 Å². The van der Waals surface area contributed by atoms with Gasteiger partial charge in [-0.05, 0) is 29.5 Å². The van der Waals surface area contributed by atoms with Gasteiger partial charge in [0.25, 0.3) is 0 Å². The second-order valence-corrected chi connectivity index (χ2v) is 3.92. The van der Waals surface area contributed by atoms with Crippen LogP contribution >= 0.6 is 11.6 Å². The molecule has 0 heterocycles. The molecular weight excluding hydrogens is 170 g/mol. The summed E-state index contributed by atoms with van der Waals surface area (Å²) >= 11 is 6.04. The van der Waals surface area contributed by atoms with Crippen molar-refractivity contribution < 1.29 is 0 Å². The van der Waals surface area contributed by atoms with E-state index in [0.717, 1.165) is 11.4 Å². The minimum Gasteiger partial charge on any atom is -0.324 e. The van der Waals surface area contributed by atoms with Gasteiger partial charge in [-0.15, -0.1) is 0 Å². The Morgan fingerprint density at radius 2 is 2.25 bits per heavy atom. The SMILES string of the molecule is C[C@H]1Cc2c(Cl)cccc2[C@H]1N. The van der Waals surface area contributed by atoms with Crippen molar-refractivity contribution in [1.82, 2.24) is 0 Å². The molecule has 0 spiro atoms. The highest BCUT2D eigenvalue weighted by atomic mass is 35.5. The molecule has 2 N–H and O–H groups in total. The zero-order valence-corrected chi connectivity index (χ0v) is 7.81. The maximum Gasteiger partial charge on any atom is 0.0441 e. The number of benzene rings is 1. The van der Waals surface area contributed by atoms with E-state index in [1.807, 2.05) is 12.1 Å². The average Bonchev–Trinajstić information content (AvgIpc) is 2.32. The Kier molecular flexibility index (Phi) is 1.85. The minimum atomic E-state index is 0.179. The molecule has 0 radical (unpaired) electrons. The molecule has 1 aromatic carbocycles. The van der Waals surface area contributed by atoms with E-state index in [0.29, 0.717) is 5.92 Å². The number of hydrogen-bond donors (Lipinski definition) is 1. The molecular formula is C10H12ClN. The molecule has 0 aliphatic heterocycles. The van der Waals surface area contributed by atoms with Gasteiger partial charge in [-0.25, -0.2) is 0 Å². The lowest BCUT2D eigenvalue weighted by atomic mass is 10.0. The van der Waals surface area contributed by atoms with E-state index in [2.05, 4.69) is 13.0 Å². The molecule has 0 fully saturated rings. The third kappa shape index (κ3) is 1.05. The minimum absolute atomic E-state index is 0.179. The molecule has 1 aliphatic carbocycles. The summed E-state index contributed by atoms with van der Waals surface area (Å²) in [7, 11) is 0. The van der Waals surface area contributed by atoms with Crippen LogP contribution in [0.3, 0.4) is 0 Å². The lowest BCUT2D eigenvalue weighted by molar-refractivity contribution is 0.513. The fraction of sp³-hybridized carbons (Fsp3) is 0.400. The van der Waals surface area contributed by atoms with Gasteiger partial charge in [-0.2, -0.15) is 0 Å². The summed E-state index contributed by atoms with van der Waals surface area (Å²) in [5, 5.41) is 0.868. The van der Waals surface area contributed by atoms with Gasteiger partial charge >= 0.3 is 0 Å². The topological polar surface area (TPSA) is 26.0 Å². The Morgan fingerprint density at radius 1 is 1.50 bits per heavy atom. The molecule has 0 unspecified atom stereocenters. The summed E-state index contributed by atoms with van der Waals surface area (Å²) in [6, 6.07) is 6.17. The zero-order chi connectivity index (χ0) is 8.72. The quantitative estimate of drug-likeness (QED) is 0.654. The van der Waals surface area contributed by atoms with Gasteiger partial charge in [0.05, 0.1) is 0 Å². The summed E-state index contributed by atoms with van der Waals surface area (Å²) in [5.41, 5.74) is 8.48. The summed E-state index contributed by atoms with van der Waals surface area (Å²) in [6.45, 7) is 2.17. The number of halogens is 1. The highest BCUT2D eigenvalue weighted by molar-refractivity contribution is 6.31. The third-order valence-corrected chi connectivity index (χ3v) is 3.01. The van der Waals surface area contributed by atoms with Crippen molar-refractivity contribution in [2.45, 2.75) is 19.4 Å². The van der Waals surface area contributed by atoms with Gasteiger partial charge in [0, 0.05) is 11.1 Å². The first-order valence-corrected chi connectivity index (χ1v) is 4.61. The highest BCUT2D eigenvalue weighted by Crippen LogP contribution is 2.37. The summed E-state index contributed by atoms with van der Waals surface area (Å²) in [4.78, 5) is 0. The first kappa shape index (κ1) is 8.09. The van der Waals surface area contributed by atoms with Crippen LogP contribution in [0, 0.1) is 5.92 Å². The number of rotatable bonds is 0. The molecule has 12 heavy (non-hydrogen) atoms. The first-order chi connectivity index (χ1) is 5.70. The van der Waals surface area contributed by atoms with Crippen molar-refractivity contribution in [2.75, 3.05) is 0 Å². The molecule has 0 aromatic heterocycles. The molecule has 1 aliphatic rings. The number of hydrogen-bond acceptors (Lipinski definition) is 1. The monoisotopic (exact) mass is 181 g/mol. The molecule has 2 atom stereocenters. The van der Waals surface area contributed by atoms with E-state index in [4.69, 9.17) is 17.3 Å². The normalized spacial score (nSPS) is 27.2. The van der Waals surface area contributed by atoms with Gasteiger partial charge in [0.15, 0.2) is 0 Å². The van der Waals surface area contributed by atoms with Gasteiger partial charge < -0.3 is 5.73 Å². The van der Waals surface area contributed by atoms with Crippen LogP contribution in [0.1, 0.15) is 24.1 Å². The van der Waals surface area contributed by atoms with E-state index in [-0.39, 0.29) is 6.04 Å². The molecule has 0 saturated heterocycles. The predicted octanol–water partition coefficient (Wildman–Crippen LogP) is 2.53. The fourth-order valence-electron chi connectivity index (χ4n) is 1.86. The Labute approximate surface area is 77.5 Å². The van der Waals surface area contributed by atoms with Gasteiger partial charge in [0.2, 0.25) is 0 Å². The van der Waals surface area contributed by atoms with Crippen molar-refractivity contribution in [3.05, 3.63) is 34.3 Å². The van der Waals surface area contributed by atoms with Crippen LogP contribution in [0.15, 0.2) is 18.2 Å². The molecule has 0 saturated carbocycles. The Bertz CT molecular complexity index is 309. The lowest BCUT2D eigenvalue weighted by Gasteiger charge is -2.08. The Hall–Kier alpha value is -0.530. The van der Waals surface area contributed by atoms with Gasteiger partial charge in [0.1, 0.15) is 0 Å². The maximum absolute atomic E-state index is 6.04. The van der Waals surface area contributed by atoms with E-state index in [1.165, 1.54) is 11.1 Å². The van der Waals surface area contributed by atoms with Crippen molar-refractivity contribution in [1.29, 1.82) is 0 Å². The summed E-state index contributed by atoms with van der Waals surface area (Å²) in [6.07, 6.45) is 1.02. The summed E-state index contributed by atoms with van der Waals surface area (Å²) in [5.74, 6) is 0.528. The van der Waals surface area contributed by atoms with Crippen LogP contribution in [0.25, 0.3) is 0 Å². The molecule has 0 amide bonds. The van der Waals surface area contributed by atoms with Crippen molar-refractivity contribution in [3.8, 4) is 0 Å². The van der Waals surface area contributed by atoms with E-state index >= 15 is 0 Å². The van der Waals surface area contributed by atoms with Gasteiger partial charge in [-0.3, -0.25) is 0 Å². The Balaban J connectivity index is 2.53. The second-order valence-electron chi connectivity index (χ2n) is 3.51. The van der Waals surface area contributed by atoms with E-state index in [9.17, 15) is 0 Å². The van der Waals surface area contributed by atoms with Crippen LogP contribution in [-0.4, -0.2) is 0 Å². The van der Waals surface area contributed by atoms with Crippen LogP contribution in [0.4, 0.5) is 0 Å². The molecule has 2 heteroatoms. The smallest absolute Gasteiger partial charge is 0.0441 e. The predicted molar refractivity (Wildman–Crippen MR) is 51.2 cm³/mol. The van der Waals surface area contributed by atoms with E-state index < -0.39 is 0 Å². The molecule has 1 aromatic rings. The molecule has 64 valence electrons. The van der Waals surface area contributed by atoms with Crippen LogP contribution < -0.4 is 5.73 Å². The highest BCUT2D eigenvalue weighted by Gasteiger charge is 2.27. The third-order valence-electron chi connectivity index (χ3n) is 2.65. The molecule has 2 rings (SSSR count). The number of nitrogens with two attached hydrogens (primary N) is 1. The maximum atomic E-state index is 6.04. The number of fused-ring (bicyclic) bond motifs is 1. The second kappa shape index (κ2) is 2.75. The Morgan fingerprint density at radius 3 is 2.92 bits per heavy atom. The van der Waals surface area contributed by atoms with Gasteiger partial charge in [-0.1, -0.05) is 30.7 Å². The largest absolute Gasteiger partial charge is 0.324 e. The first-order valence-electron chi connectivity index (χ1n) is 4.23. The molecule has 0 bridgehead atoms. The van der Waals surface area contributed by atoms with Crippen molar-refractivity contribution >= 4 is 11.6 Å². The van der Waals surface area contributed by atoms with Crippen molar-refractivity contribution in [3.63, 3.8) is 0 Å². The van der Waals surface area contributed by atoms with E-state index in [1.54, 1.807) is 0 Å². The van der Waals surface area contributed by atoms with Crippen molar-refractivity contribution in [2.24, 2.45) is 11.7 Å². The standard InChI is InChI=1S/C10H12ClN/c1-6-5-8-7(10(6)12)3-2-4-9(8)11/h2-4,6,10H,5,12H2,1H3/t6-,10-/m0/s1. The fourth-order valence-corrected chi connectivity index (χ4v) is 2.12. The lowest BCUT2D eigenvalue weighted by Crippen LogP contribution is -2.13. The average molecular weight is 182 g/mol. The van der Waals surface area contributed by atoms with Crippen LogP contribution in [0.2, 0.25) is 5.02 Å².